The van der Waals surface area contributed by atoms with E-state index in [-0.39, 0.29) is 5.69 Å². The molecule has 0 amide bonds. The number of benzene rings is 1. The molecular formula is C10H8N4O2S. The van der Waals surface area contributed by atoms with Crippen molar-refractivity contribution in [3.05, 3.63) is 40.6 Å². The first-order valence-corrected chi connectivity index (χ1v) is 5.91. The number of nitro benzene ring substituents is 1. The van der Waals surface area contributed by atoms with Crippen LogP contribution in [0.1, 0.15) is 0 Å². The van der Waals surface area contributed by atoms with Gasteiger partial charge in [0.25, 0.3) is 5.69 Å². The van der Waals surface area contributed by atoms with Crippen molar-refractivity contribution in [2.45, 2.75) is 5.16 Å². The molecule has 0 fully saturated rings. The fraction of sp³-hybridized carbons (Fsp3) is 0.100. The van der Waals surface area contributed by atoms with Crippen LogP contribution in [-0.4, -0.2) is 26.4 Å². The van der Waals surface area contributed by atoms with Crippen molar-refractivity contribution in [3.8, 4) is 11.3 Å². The molecule has 1 aromatic carbocycles. The highest BCUT2D eigenvalue weighted by Crippen LogP contribution is 2.20. The molecule has 0 atom stereocenters. The molecule has 1 aromatic heterocycles. The van der Waals surface area contributed by atoms with Crippen molar-refractivity contribution in [3.63, 3.8) is 0 Å². The van der Waals surface area contributed by atoms with E-state index in [1.165, 1.54) is 23.9 Å². The van der Waals surface area contributed by atoms with Crippen LogP contribution in [0, 0.1) is 10.1 Å². The van der Waals surface area contributed by atoms with Gasteiger partial charge in [-0.3, -0.25) is 10.1 Å². The molecule has 6 nitrogen and oxygen atoms in total. The summed E-state index contributed by atoms with van der Waals surface area (Å²) in [6.07, 6.45) is 3.46. The Kier molecular flexibility index (Phi) is 3.29. The van der Waals surface area contributed by atoms with Gasteiger partial charge in [-0.15, -0.1) is 10.2 Å². The third kappa shape index (κ3) is 2.56. The van der Waals surface area contributed by atoms with Crippen LogP contribution >= 0.6 is 11.8 Å². The molecule has 0 aliphatic carbocycles. The quantitative estimate of drug-likeness (QED) is 0.470. The molecular weight excluding hydrogens is 240 g/mol. The van der Waals surface area contributed by atoms with Gasteiger partial charge >= 0.3 is 0 Å². The number of hydrogen-bond acceptors (Lipinski definition) is 6. The van der Waals surface area contributed by atoms with Gasteiger partial charge in [-0.2, -0.15) is 0 Å². The summed E-state index contributed by atoms with van der Waals surface area (Å²) in [5.74, 6) is 0. The summed E-state index contributed by atoms with van der Waals surface area (Å²) < 4.78 is 0. The van der Waals surface area contributed by atoms with E-state index < -0.39 is 4.92 Å². The van der Waals surface area contributed by atoms with Gasteiger partial charge in [0.2, 0.25) is 5.16 Å². The van der Waals surface area contributed by atoms with Crippen molar-refractivity contribution in [2.24, 2.45) is 0 Å². The van der Waals surface area contributed by atoms with Gasteiger partial charge in [0.05, 0.1) is 11.1 Å². The zero-order chi connectivity index (χ0) is 12.3. The molecule has 2 aromatic rings. The minimum absolute atomic E-state index is 0.0513. The summed E-state index contributed by atoms with van der Waals surface area (Å²) >= 11 is 1.41. The fourth-order valence-electron chi connectivity index (χ4n) is 1.24. The number of aromatic nitrogens is 3. The Balaban J connectivity index is 2.29. The normalized spacial score (nSPS) is 10.2. The SMILES string of the molecule is CSc1ncc(-c2ccc([N+](=O)[O-])cc2)nn1. The number of rotatable bonds is 3. The third-order valence-electron chi connectivity index (χ3n) is 2.10. The van der Waals surface area contributed by atoms with Crippen LogP contribution < -0.4 is 0 Å². The first kappa shape index (κ1) is 11.5. The predicted octanol–water partition coefficient (Wildman–Crippen LogP) is 2.17. The van der Waals surface area contributed by atoms with Crippen molar-refractivity contribution < 1.29 is 4.92 Å². The van der Waals surface area contributed by atoms with Crippen molar-refractivity contribution in [1.29, 1.82) is 0 Å². The number of hydrogen-bond donors (Lipinski definition) is 0. The van der Waals surface area contributed by atoms with Gasteiger partial charge in [-0.05, 0) is 18.4 Å². The highest BCUT2D eigenvalue weighted by atomic mass is 32.2. The number of thioether (sulfide) groups is 1. The van der Waals surface area contributed by atoms with E-state index in [0.29, 0.717) is 10.9 Å². The predicted molar refractivity (Wildman–Crippen MR) is 63.7 cm³/mol. The standard InChI is InChI=1S/C10H8N4O2S/c1-17-10-11-6-9(12-13-10)7-2-4-8(5-3-7)14(15)16/h2-6H,1H3. The third-order valence-corrected chi connectivity index (χ3v) is 2.65. The largest absolute Gasteiger partial charge is 0.269 e. The van der Waals surface area contributed by atoms with E-state index in [4.69, 9.17) is 0 Å². The monoisotopic (exact) mass is 248 g/mol. The molecule has 0 N–H and O–H groups in total. The van der Waals surface area contributed by atoms with Gasteiger partial charge in [0.1, 0.15) is 5.69 Å². The van der Waals surface area contributed by atoms with Crippen LogP contribution in [0.5, 0.6) is 0 Å². The lowest BCUT2D eigenvalue weighted by atomic mass is 10.1. The van der Waals surface area contributed by atoms with E-state index in [9.17, 15) is 10.1 Å². The Morgan fingerprint density at radius 2 is 1.94 bits per heavy atom. The molecule has 0 saturated heterocycles. The summed E-state index contributed by atoms with van der Waals surface area (Å²) in [6, 6.07) is 6.12. The topological polar surface area (TPSA) is 81.8 Å². The van der Waals surface area contributed by atoms with Crippen LogP contribution in [0.2, 0.25) is 0 Å². The minimum Gasteiger partial charge on any atom is -0.258 e. The average molecular weight is 248 g/mol. The minimum atomic E-state index is -0.440. The molecule has 86 valence electrons. The van der Waals surface area contributed by atoms with Gasteiger partial charge in [0, 0.05) is 17.7 Å². The van der Waals surface area contributed by atoms with Crippen molar-refractivity contribution >= 4 is 17.4 Å². The van der Waals surface area contributed by atoms with Gasteiger partial charge in [0.15, 0.2) is 0 Å². The lowest BCUT2D eigenvalue weighted by molar-refractivity contribution is -0.384. The molecule has 0 aliphatic rings. The summed E-state index contributed by atoms with van der Waals surface area (Å²) in [5.41, 5.74) is 1.40. The maximum absolute atomic E-state index is 10.5. The summed E-state index contributed by atoms with van der Waals surface area (Å²) in [6.45, 7) is 0. The van der Waals surface area contributed by atoms with Crippen LogP contribution in [0.3, 0.4) is 0 Å². The molecule has 0 spiro atoms. The molecule has 0 unspecified atom stereocenters. The number of non-ortho nitro benzene ring substituents is 1. The zero-order valence-corrected chi connectivity index (χ0v) is 9.72. The summed E-state index contributed by atoms with van der Waals surface area (Å²) in [5, 5.41) is 19.0. The lowest BCUT2D eigenvalue weighted by Gasteiger charge is -1.99. The maximum atomic E-state index is 10.5. The Labute approximate surface area is 101 Å². The Morgan fingerprint density at radius 3 is 2.41 bits per heavy atom. The molecule has 7 heteroatoms. The van der Waals surface area contributed by atoms with Crippen molar-refractivity contribution in [2.75, 3.05) is 6.26 Å². The first-order chi connectivity index (χ1) is 8.20. The molecule has 2 rings (SSSR count). The second-order valence-electron chi connectivity index (χ2n) is 3.13. The molecule has 0 aliphatic heterocycles. The summed E-state index contributed by atoms with van der Waals surface area (Å²) in [4.78, 5) is 14.1. The fourth-order valence-corrected chi connectivity index (χ4v) is 1.52. The highest BCUT2D eigenvalue weighted by Gasteiger charge is 2.06. The second kappa shape index (κ2) is 4.88. The van der Waals surface area contributed by atoms with Crippen LogP contribution in [0.4, 0.5) is 5.69 Å². The van der Waals surface area contributed by atoms with E-state index in [2.05, 4.69) is 15.2 Å². The molecule has 0 saturated carbocycles. The van der Waals surface area contributed by atoms with E-state index in [0.717, 1.165) is 5.56 Å². The molecule has 1 heterocycles. The van der Waals surface area contributed by atoms with Crippen molar-refractivity contribution in [1.82, 2.24) is 15.2 Å². The van der Waals surface area contributed by atoms with Crippen LogP contribution in [0.15, 0.2) is 35.6 Å². The van der Waals surface area contributed by atoms with E-state index in [1.54, 1.807) is 18.3 Å². The maximum Gasteiger partial charge on any atom is 0.269 e. The lowest BCUT2D eigenvalue weighted by Crippen LogP contribution is -1.93. The first-order valence-electron chi connectivity index (χ1n) is 4.69. The molecule has 17 heavy (non-hydrogen) atoms. The average Bonchev–Trinajstić information content (AvgIpc) is 2.39. The molecule has 0 radical (unpaired) electrons. The number of nitrogens with zero attached hydrogens (tertiary/aromatic N) is 4. The van der Waals surface area contributed by atoms with Crippen LogP contribution in [-0.2, 0) is 0 Å². The second-order valence-corrected chi connectivity index (χ2v) is 3.91. The van der Waals surface area contributed by atoms with Gasteiger partial charge < -0.3 is 0 Å². The smallest absolute Gasteiger partial charge is 0.258 e. The van der Waals surface area contributed by atoms with E-state index in [1.807, 2.05) is 6.26 Å². The highest BCUT2D eigenvalue weighted by molar-refractivity contribution is 7.98. The van der Waals surface area contributed by atoms with Gasteiger partial charge in [-0.25, -0.2) is 4.98 Å². The Bertz CT molecular complexity index is 527. The number of nitro groups is 1. The Hall–Kier alpha value is -2.02. The zero-order valence-electron chi connectivity index (χ0n) is 8.90. The molecule has 0 bridgehead atoms. The summed E-state index contributed by atoms with van der Waals surface area (Å²) in [7, 11) is 0. The Morgan fingerprint density at radius 1 is 1.24 bits per heavy atom. The van der Waals surface area contributed by atoms with Crippen LogP contribution in [0.25, 0.3) is 11.3 Å². The van der Waals surface area contributed by atoms with E-state index >= 15 is 0 Å². The van der Waals surface area contributed by atoms with Gasteiger partial charge in [-0.1, -0.05) is 11.8 Å².